The lowest BCUT2D eigenvalue weighted by molar-refractivity contribution is -0.0498. The molecule has 1 aromatic heterocycles. The van der Waals surface area contributed by atoms with Gasteiger partial charge < -0.3 is 9.84 Å². The third-order valence-electron chi connectivity index (χ3n) is 4.74. The summed E-state index contributed by atoms with van der Waals surface area (Å²) in [5.41, 5.74) is 0.950. The number of hydrogen-bond acceptors (Lipinski definition) is 4. The number of aromatic nitrogens is 2. The molecule has 4 aromatic rings. The predicted octanol–water partition coefficient (Wildman–Crippen LogP) is 5.51. The molecule has 0 aliphatic carbocycles. The van der Waals surface area contributed by atoms with Crippen LogP contribution in [0.4, 0.5) is 8.78 Å². The average molecular weight is 469 g/mol. The number of ether oxygens (including phenoxy) is 1. The van der Waals surface area contributed by atoms with Gasteiger partial charge in [-0.1, -0.05) is 35.9 Å². The molecule has 1 N–H and O–H groups in total. The van der Waals surface area contributed by atoms with Gasteiger partial charge in [-0.05, 0) is 60.2 Å². The third kappa shape index (κ3) is 4.91. The highest BCUT2D eigenvalue weighted by atomic mass is 35.5. The molecule has 0 radical (unpaired) electrons. The fraction of sp³-hybridized carbons (Fsp3) is 0.0417. The lowest BCUT2D eigenvalue weighted by atomic mass is 10.1. The molecule has 1 heterocycles. The first kappa shape index (κ1) is 22.2. The number of rotatable bonds is 6. The molecule has 0 saturated carbocycles. The first-order valence-electron chi connectivity index (χ1n) is 9.61. The molecule has 4 rings (SSSR count). The maximum Gasteiger partial charge on any atom is 0.387 e. The van der Waals surface area contributed by atoms with Crippen LogP contribution in [0, 0.1) is 0 Å². The van der Waals surface area contributed by atoms with Crippen molar-refractivity contribution in [3.63, 3.8) is 0 Å². The Morgan fingerprint density at radius 3 is 2.52 bits per heavy atom. The lowest BCUT2D eigenvalue weighted by Gasteiger charge is -2.12. The quantitative estimate of drug-likeness (QED) is 0.403. The summed E-state index contributed by atoms with van der Waals surface area (Å²) in [5, 5.41) is 10.1. The van der Waals surface area contributed by atoms with Crippen LogP contribution in [0.25, 0.3) is 28.7 Å². The van der Waals surface area contributed by atoms with Gasteiger partial charge in [-0.15, -0.1) is 0 Å². The maximum atomic E-state index is 13.3. The van der Waals surface area contributed by atoms with Crippen LogP contribution >= 0.6 is 11.6 Å². The van der Waals surface area contributed by atoms with Crippen molar-refractivity contribution in [1.82, 2.24) is 9.55 Å². The van der Waals surface area contributed by atoms with E-state index in [9.17, 15) is 23.5 Å². The van der Waals surface area contributed by atoms with E-state index in [4.69, 9.17) is 11.6 Å². The second-order valence-electron chi connectivity index (χ2n) is 6.91. The highest BCUT2D eigenvalue weighted by Gasteiger charge is 2.13. The van der Waals surface area contributed by atoms with Gasteiger partial charge in [-0.25, -0.2) is 9.78 Å². The molecule has 0 fully saturated rings. The first-order valence-corrected chi connectivity index (χ1v) is 9.98. The van der Waals surface area contributed by atoms with Gasteiger partial charge in [0.15, 0.2) is 0 Å². The van der Waals surface area contributed by atoms with Crippen LogP contribution in [0.3, 0.4) is 0 Å². The van der Waals surface area contributed by atoms with E-state index in [2.05, 4.69) is 9.72 Å². The Hall–Kier alpha value is -4.04. The van der Waals surface area contributed by atoms with Crippen molar-refractivity contribution in [2.45, 2.75) is 6.61 Å². The molecular formula is C24H15ClF2N2O4. The predicted molar refractivity (Wildman–Crippen MR) is 121 cm³/mol. The van der Waals surface area contributed by atoms with Gasteiger partial charge in [-0.2, -0.15) is 8.78 Å². The topological polar surface area (TPSA) is 81.4 Å². The van der Waals surface area contributed by atoms with Crippen molar-refractivity contribution in [1.29, 1.82) is 0 Å². The number of nitrogens with zero attached hydrogens (tertiary/aromatic N) is 2. The smallest absolute Gasteiger partial charge is 0.387 e. The van der Waals surface area contributed by atoms with E-state index in [1.165, 1.54) is 34.9 Å². The molecule has 3 aromatic carbocycles. The van der Waals surface area contributed by atoms with Crippen LogP contribution in [-0.2, 0) is 0 Å². The van der Waals surface area contributed by atoms with E-state index < -0.39 is 18.1 Å². The molecule has 0 aliphatic rings. The summed E-state index contributed by atoms with van der Waals surface area (Å²) in [5.74, 6) is -0.887. The Labute approximate surface area is 191 Å². The highest BCUT2D eigenvalue weighted by molar-refractivity contribution is 6.31. The summed E-state index contributed by atoms with van der Waals surface area (Å²) in [6.45, 7) is -2.92. The third-order valence-corrected chi connectivity index (χ3v) is 4.97. The number of alkyl halides is 2. The minimum Gasteiger partial charge on any atom is -0.478 e. The Bertz CT molecular complexity index is 1430. The van der Waals surface area contributed by atoms with Gasteiger partial charge in [0.05, 0.1) is 22.2 Å². The Kier molecular flexibility index (Phi) is 6.19. The minimum atomic E-state index is -2.92. The molecule has 33 heavy (non-hydrogen) atoms. The summed E-state index contributed by atoms with van der Waals surface area (Å²) < 4.78 is 30.3. The molecule has 166 valence electrons. The van der Waals surface area contributed by atoms with Gasteiger partial charge in [0.25, 0.3) is 5.56 Å². The first-order chi connectivity index (χ1) is 15.8. The number of carboxylic acids is 1. The van der Waals surface area contributed by atoms with Crippen molar-refractivity contribution in [2.75, 3.05) is 0 Å². The van der Waals surface area contributed by atoms with E-state index in [-0.39, 0.29) is 17.1 Å². The number of hydrogen-bond donors (Lipinski definition) is 1. The molecule has 0 aliphatic heterocycles. The van der Waals surface area contributed by atoms with Gasteiger partial charge in [0.1, 0.15) is 11.6 Å². The van der Waals surface area contributed by atoms with Crippen molar-refractivity contribution >= 4 is 40.6 Å². The number of benzene rings is 3. The minimum absolute atomic E-state index is 0.0140. The fourth-order valence-electron chi connectivity index (χ4n) is 3.25. The number of aromatic carboxylic acids is 1. The number of halogens is 3. The van der Waals surface area contributed by atoms with E-state index in [1.807, 2.05) is 0 Å². The van der Waals surface area contributed by atoms with E-state index in [1.54, 1.807) is 48.6 Å². The van der Waals surface area contributed by atoms with Crippen LogP contribution in [0.1, 0.15) is 21.7 Å². The summed E-state index contributed by atoms with van der Waals surface area (Å²) in [6, 6.07) is 16.5. The van der Waals surface area contributed by atoms with Crippen LogP contribution < -0.4 is 10.3 Å². The second-order valence-corrected chi connectivity index (χ2v) is 7.34. The number of carboxylic acid groups (broad SMARTS) is 1. The van der Waals surface area contributed by atoms with E-state index >= 15 is 0 Å². The van der Waals surface area contributed by atoms with Gasteiger partial charge in [0, 0.05) is 5.02 Å². The maximum absolute atomic E-state index is 13.3. The van der Waals surface area contributed by atoms with Crippen molar-refractivity contribution in [3.8, 4) is 11.4 Å². The molecule has 0 atom stereocenters. The molecule has 0 amide bonds. The van der Waals surface area contributed by atoms with Crippen LogP contribution in [0.5, 0.6) is 5.75 Å². The highest BCUT2D eigenvalue weighted by Crippen LogP contribution is 2.20. The normalized spacial score (nSPS) is 11.4. The number of carbonyl (C=O) groups is 1. The van der Waals surface area contributed by atoms with Crippen LogP contribution in [0.15, 0.2) is 71.5 Å². The van der Waals surface area contributed by atoms with Crippen LogP contribution in [-0.4, -0.2) is 27.2 Å². The molecule has 0 bridgehead atoms. The van der Waals surface area contributed by atoms with Gasteiger partial charge in [-0.3, -0.25) is 9.36 Å². The molecule has 0 saturated heterocycles. The average Bonchev–Trinajstić information content (AvgIpc) is 2.78. The van der Waals surface area contributed by atoms with Crippen molar-refractivity contribution in [3.05, 3.63) is 99.1 Å². The van der Waals surface area contributed by atoms with Gasteiger partial charge in [0.2, 0.25) is 0 Å². The second kappa shape index (κ2) is 9.22. The lowest BCUT2D eigenvalue weighted by Crippen LogP contribution is -2.22. The van der Waals surface area contributed by atoms with Crippen LogP contribution in [0.2, 0.25) is 5.02 Å². The Balaban J connectivity index is 1.85. The fourth-order valence-corrected chi connectivity index (χ4v) is 3.41. The van der Waals surface area contributed by atoms with E-state index in [0.717, 1.165) is 0 Å². The SMILES string of the molecule is O=C(O)c1cccc(-n2c(C=Cc3ccc(OC(F)F)cc3)nc3cc(Cl)ccc3c2=O)c1. The van der Waals surface area contributed by atoms with Crippen molar-refractivity contribution < 1.29 is 23.4 Å². The largest absolute Gasteiger partial charge is 0.478 e. The monoisotopic (exact) mass is 468 g/mol. The van der Waals surface area contributed by atoms with Crippen molar-refractivity contribution in [2.24, 2.45) is 0 Å². The molecular weight excluding hydrogens is 454 g/mol. The zero-order valence-electron chi connectivity index (χ0n) is 16.8. The summed E-state index contributed by atoms with van der Waals surface area (Å²) in [6.07, 6.45) is 3.21. The molecule has 6 nitrogen and oxygen atoms in total. The molecule has 0 unspecified atom stereocenters. The summed E-state index contributed by atoms with van der Waals surface area (Å²) in [7, 11) is 0. The standard InChI is InChI=1S/C24H15ClF2N2O4/c25-16-7-10-19-20(13-16)28-21(11-6-14-4-8-18(9-5-14)33-24(26)27)29(22(19)30)17-3-1-2-15(12-17)23(31)32/h1-13,24H,(H,31,32). The zero-order chi connectivity index (χ0) is 23.5. The summed E-state index contributed by atoms with van der Waals surface area (Å²) in [4.78, 5) is 29.3. The molecule has 9 heteroatoms. The molecule has 0 spiro atoms. The van der Waals surface area contributed by atoms with Gasteiger partial charge >= 0.3 is 12.6 Å². The Morgan fingerprint density at radius 2 is 1.82 bits per heavy atom. The van der Waals surface area contributed by atoms with E-state index in [0.29, 0.717) is 27.2 Å². The summed E-state index contributed by atoms with van der Waals surface area (Å²) >= 11 is 6.06. The number of fused-ring (bicyclic) bond motifs is 1. The Morgan fingerprint density at radius 1 is 1.06 bits per heavy atom. The zero-order valence-corrected chi connectivity index (χ0v) is 17.5.